The fourth-order valence-electron chi connectivity index (χ4n) is 1.03. The Kier molecular flexibility index (Phi) is 4.27. The minimum atomic E-state index is -0.560. The summed E-state index contributed by atoms with van der Waals surface area (Å²) in [5.41, 5.74) is 0.167. The highest BCUT2D eigenvalue weighted by molar-refractivity contribution is 7.15. The van der Waals surface area contributed by atoms with Crippen LogP contribution in [0.15, 0.2) is 0 Å². The van der Waals surface area contributed by atoms with E-state index in [-0.39, 0.29) is 11.3 Å². The Morgan fingerprint density at radius 1 is 1.50 bits per heavy atom. The first-order chi connectivity index (χ1) is 7.28. The van der Waals surface area contributed by atoms with Crippen molar-refractivity contribution >= 4 is 34.0 Å². The molecule has 1 heterocycles. The van der Waals surface area contributed by atoms with Crippen LogP contribution in [0.2, 0.25) is 0 Å². The van der Waals surface area contributed by atoms with Crippen LogP contribution < -0.4 is 5.32 Å². The number of carbonyl (C=O) groups excluding carboxylic acids is 1. The van der Waals surface area contributed by atoms with E-state index in [0.717, 1.165) is 11.4 Å². The molecule has 1 aromatic rings. The van der Waals surface area contributed by atoms with Gasteiger partial charge in [0.05, 0.1) is 0 Å². The Morgan fingerprint density at radius 3 is 2.62 bits per heavy atom. The molecular weight excluding hydrogens is 246 g/mol. The summed E-state index contributed by atoms with van der Waals surface area (Å²) in [4.78, 5) is 11.3. The number of nitrogens with one attached hydrogen (secondary N) is 1. The van der Waals surface area contributed by atoms with Gasteiger partial charge in [-0.1, -0.05) is 32.1 Å². The minimum Gasteiger partial charge on any atom is -0.299 e. The molecule has 1 aromatic heterocycles. The number of aromatic nitrogens is 2. The average molecular weight is 262 g/mol. The lowest BCUT2D eigenvalue weighted by Gasteiger charge is -2.14. The van der Waals surface area contributed by atoms with E-state index < -0.39 is 5.38 Å². The molecule has 90 valence electrons. The number of anilines is 1. The molecule has 0 aromatic carbocycles. The van der Waals surface area contributed by atoms with Crippen LogP contribution in [0.3, 0.4) is 0 Å². The number of halogens is 1. The third kappa shape index (κ3) is 4.45. The molecule has 0 bridgehead atoms. The van der Waals surface area contributed by atoms with Crippen molar-refractivity contribution in [1.29, 1.82) is 0 Å². The minimum absolute atomic E-state index is 0.167. The molecule has 1 amide bonds. The Balaban J connectivity index is 2.62. The summed E-state index contributed by atoms with van der Waals surface area (Å²) in [6, 6.07) is 0. The maximum Gasteiger partial charge on any atom is 0.243 e. The van der Waals surface area contributed by atoms with Gasteiger partial charge >= 0.3 is 0 Å². The molecule has 0 spiro atoms. The second-order valence-corrected chi connectivity index (χ2v) is 6.56. The summed E-state index contributed by atoms with van der Waals surface area (Å²) >= 11 is 7.03. The van der Waals surface area contributed by atoms with Crippen molar-refractivity contribution in [3.8, 4) is 0 Å². The van der Waals surface area contributed by atoms with Gasteiger partial charge in [0.2, 0.25) is 11.0 Å². The normalized spacial score (nSPS) is 13.6. The van der Waals surface area contributed by atoms with Gasteiger partial charge < -0.3 is 0 Å². The largest absolute Gasteiger partial charge is 0.299 e. The number of hydrogen-bond donors (Lipinski definition) is 1. The summed E-state index contributed by atoms with van der Waals surface area (Å²) in [6.45, 7) is 8.02. The third-order valence-corrected chi connectivity index (χ3v) is 2.78. The zero-order chi connectivity index (χ0) is 12.3. The number of amides is 1. The van der Waals surface area contributed by atoms with Gasteiger partial charge in [0.15, 0.2) is 0 Å². The SMILES string of the molecule is CC(Cl)C(=O)Nc1nnc(CC(C)(C)C)s1. The quantitative estimate of drug-likeness (QED) is 0.851. The predicted molar refractivity (Wildman–Crippen MR) is 67.0 cm³/mol. The topological polar surface area (TPSA) is 54.9 Å². The Bertz CT molecular complexity index is 370. The highest BCUT2D eigenvalue weighted by Gasteiger charge is 2.16. The smallest absolute Gasteiger partial charge is 0.243 e. The Morgan fingerprint density at radius 2 is 2.12 bits per heavy atom. The van der Waals surface area contributed by atoms with E-state index in [0.29, 0.717) is 5.13 Å². The molecule has 6 heteroatoms. The lowest BCUT2D eigenvalue weighted by Crippen LogP contribution is -2.20. The molecule has 1 rings (SSSR count). The molecule has 0 saturated carbocycles. The van der Waals surface area contributed by atoms with Gasteiger partial charge in [-0.2, -0.15) is 0 Å². The number of rotatable bonds is 3. The lowest BCUT2D eigenvalue weighted by molar-refractivity contribution is -0.115. The van der Waals surface area contributed by atoms with E-state index in [1.165, 1.54) is 11.3 Å². The zero-order valence-electron chi connectivity index (χ0n) is 9.87. The highest BCUT2D eigenvalue weighted by atomic mass is 35.5. The number of hydrogen-bond acceptors (Lipinski definition) is 4. The van der Waals surface area contributed by atoms with Crippen LogP contribution in [0.5, 0.6) is 0 Å². The van der Waals surface area contributed by atoms with Crippen LogP contribution in [-0.4, -0.2) is 21.5 Å². The van der Waals surface area contributed by atoms with Gasteiger partial charge in [-0.05, 0) is 12.3 Å². The highest BCUT2D eigenvalue weighted by Crippen LogP contribution is 2.24. The van der Waals surface area contributed by atoms with Crippen LogP contribution in [0, 0.1) is 5.41 Å². The van der Waals surface area contributed by atoms with Crippen molar-refractivity contribution in [1.82, 2.24) is 10.2 Å². The van der Waals surface area contributed by atoms with E-state index in [1.807, 2.05) is 0 Å². The maximum absolute atomic E-state index is 11.3. The molecule has 0 radical (unpaired) electrons. The summed E-state index contributed by atoms with van der Waals surface area (Å²) in [6.07, 6.45) is 0.844. The molecule has 1 unspecified atom stereocenters. The summed E-state index contributed by atoms with van der Waals surface area (Å²) in [5.74, 6) is -0.250. The summed E-state index contributed by atoms with van der Waals surface area (Å²) in [7, 11) is 0. The van der Waals surface area contributed by atoms with Crippen LogP contribution in [-0.2, 0) is 11.2 Å². The van der Waals surface area contributed by atoms with Gasteiger partial charge in [0, 0.05) is 6.42 Å². The number of carbonyl (C=O) groups is 1. The second kappa shape index (κ2) is 5.10. The summed E-state index contributed by atoms with van der Waals surface area (Å²) < 4.78 is 0. The van der Waals surface area contributed by atoms with Gasteiger partial charge in [-0.15, -0.1) is 21.8 Å². The van der Waals surface area contributed by atoms with Crippen molar-refractivity contribution in [2.24, 2.45) is 5.41 Å². The van der Waals surface area contributed by atoms with Gasteiger partial charge in [-0.25, -0.2) is 0 Å². The lowest BCUT2D eigenvalue weighted by atomic mass is 9.93. The monoisotopic (exact) mass is 261 g/mol. The molecule has 0 aliphatic carbocycles. The van der Waals surface area contributed by atoms with E-state index in [2.05, 4.69) is 36.3 Å². The molecular formula is C10H16ClN3OS. The second-order valence-electron chi connectivity index (χ2n) is 4.84. The van der Waals surface area contributed by atoms with Crippen LogP contribution >= 0.6 is 22.9 Å². The molecule has 0 aliphatic heterocycles. The van der Waals surface area contributed by atoms with Crippen LogP contribution in [0.25, 0.3) is 0 Å². The van der Waals surface area contributed by atoms with E-state index >= 15 is 0 Å². The van der Waals surface area contributed by atoms with Crippen molar-refractivity contribution < 1.29 is 4.79 Å². The maximum atomic E-state index is 11.3. The standard InChI is InChI=1S/C10H16ClN3OS/c1-6(11)8(15)12-9-14-13-7(16-9)5-10(2,3)4/h6H,5H2,1-4H3,(H,12,14,15). The van der Waals surface area contributed by atoms with Gasteiger partial charge in [0.25, 0.3) is 0 Å². The van der Waals surface area contributed by atoms with E-state index in [1.54, 1.807) is 6.92 Å². The Labute approximate surface area is 104 Å². The average Bonchev–Trinajstić information content (AvgIpc) is 2.49. The van der Waals surface area contributed by atoms with Crippen molar-refractivity contribution in [2.45, 2.75) is 39.5 Å². The van der Waals surface area contributed by atoms with Gasteiger partial charge in [-0.3, -0.25) is 10.1 Å². The first kappa shape index (κ1) is 13.4. The summed E-state index contributed by atoms with van der Waals surface area (Å²) in [5, 5.41) is 11.4. The number of nitrogens with zero attached hydrogens (tertiary/aromatic N) is 2. The fraction of sp³-hybridized carbons (Fsp3) is 0.700. The molecule has 1 N–H and O–H groups in total. The molecule has 0 fully saturated rings. The molecule has 1 atom stereocenters. The van der Waals surface area contributed by atoms with Crippen LogP contribution in [0.1, 0.15) is 32.7 Å². The fourth-order valence-corrected chi connectivity index (χ4v) is 2.13. The third-order valence-electron chi connectivity index (χ3n) is 1.74. The first-order valence-corrected chi connectivity index (χ1v) is 6.30. The van der Waals surface area contributed by atoms with E-state index in [9.17, 15) is 4.79 Å². The van der Waals surface area contributed by atoms with Crippen molar-refractivity contribution in [3.63, 3.8) is 0 Å². The van der Waals surface area contributed by atoms with Gasteiger partial charge in [0.1, 0.15) is 10.4 Å². The molecule has 0 saturated heterocycles. The van der Waals surface area contributed by atoms with Crippen molar-refractivity contribution in [2.75, 3.05) is 5.32 Å². The zero-order valence-corrected chi connectivity index (χ0v) is 11.4. The van der Waals surface area contributed by atoms with Crippen molar-refractivity contribution in [3.05, 3.63) is 5.01 Å². The molecule has 4 nitrogen and oxygen atoms in total. The molecule has 16 heavy (non-hydrogen) atoms. The number of alkyl halides is 1. The first-order valence-electron chi connectivity index (χ1n) is 5.05. The molecule has 0 aliphatic rings. The van der Waals surface area contributed by atoms with E-state index in [4.69, 9.17) is 11.6 Å². The Hall–Kier alpha value is -0.680. The predicted octanol–water partition coefficient (Wildman–Crippen LogP) is 2.69. The van der Waals surface area contributed by atoms with Crippen LogP contribution in [0.4, 0.5) is 5.13 Å².